The highest BCUT2D eigenvalue weighted by atomic mass is 35.5. The number of halogens is 2. The topological polar surface area (TPSA) is 21.3 Å². The van der Waals surface area contributed by atoms with E-state index in [2.05, 4.69) is 5.32 Å². The van der Waals surface area contributed by atoms with E-state index in [1.165, 1.54) is 6.07 Å². The summed E-state index contributed by atoms with van der Waals surface area (Å²) in [5, 5.41) is 3.36. The molecule has 0 aliphatic rings. The average Bonchev–Trinajstić information content (AvgIpc) is 2.23. The second-order valence-electron chi connectivity index (χ2n) is 3.24. The molecule has 84 valence electrons. The van der Waals surface area contributed by atoms with Gasteiger partial charge in [0, 0.05) is 13.7 Å². The minimum Gasteiger partial charge on any atom is -0.383 e. The summed E-state index contributed by atoms with van der Waals surface area (Å²) in [5.74, 6) is -0.356. The molecular formula is C11H15ClFNO. The quantitative estimate of drug-likeness (QED) is 0.759. The monoisotopic (exact) mass is 231 g/mol. The molecule has 0 saturated carbocycles. The third-order valence-electron chi connectivity index (χ3n) is 2.06. The van der Waals surface area contributed by atoms with E-state index in [-0.39, 0.29) is 10.8 Å². The first-order chi connectivity index (χ1) is 7.24. The van der Waals surface area contributed by atoms with E-state index in [0.29, 0.717) is 6.61 Å². The zero-order valence-electron chi connectivity index (χ0n) is 8.72. The highest BCUT2D eigenvalue weighted by Gasteiger charge is 2.00. The van der Waals surface area contributed by atoms with Gasteiger partial charge in [-0.25, -0.2) is 4.39 Å². The van der Waals surface area contributed by atoms with Crippen LogP contribution in [0.2, 0.25) is 5.02 Å². The van der Waals surface area contributed by atoms with E-state index in [0.717, 1.165) is 25.1 Å². The summed E-state index contributed by atoms with van der Waals surface area (Å²) in [5.41, 5.74) is 0.946. The van der Waals surface area contributed by atoms with Gasteiger partial charge in [0.2, 0.25) is 0 Å². The molecule has 1 aromatic carbocycles. The summed E-state index contributed by atoms with van der Waals surface area (Å²) in [6.45, 7) is 2.31. The van der Waals surface area contributed by atoms with Gasteiger partial charge in [-0.3, -0.25) is 0 Å². The zero-order valence-corrected chi connectivity index (χ0v) is 9.48. The summed E-state index contributed by atoms with van der Waals surface area (Å²) < 4.78 is 17.9. The predicted octanol–water partition coefficient (Wildman–Crippen LogP) is 2.26. The van der Waals surface area contributed by atoms with Crippen LogP contribution in [-0.2, 0) is 11.2 Å². The maximum Gasteiger partial charge on any atom is 0.142 e. The Kier molecular flexibility index (Phi) is 5.61. The molecule has 0 radical (unpaired) electrons. The van der Waals surface area contributed by atoms with Crippen molar-refractivity contribution in [3.05, 3.63) is 34.6 Å². The van der Waals surface area contributed by atoms with Crippen molar-refractivity contribution in [2.24, 2.45) is 0 Å². The summed E-state index contributed by atoms with van der Waals surface area (Å²) in [6.07, 6.45) is 0.789. The molecule has 0 heterocycles. The number of hydrogen-bond donors (Lipinski definition) is 1. The van der Waals surface area contributed by atoms with Crippen LogP contribution in [0.15, 0.2) is 18.2 Å². The molecule has 0 saturated heterocycles. The summed E-state index contributed by atoms with van der Waals surface area (Å²) in [4.78, 5) is 0. The first-order valence-corrected chi connectivity index (χ1v) is 5.25. The fourth-order valence-electron chi connectivity index (χ4n) is 1.23. The molecule has 0 aliphatic carbocycles. The molecule has 4 heteroatoms. The zero-order chi connectivity index (χ0) is 11.1. The van der Waals surface area contributed by atoms with E-state index in [1.807, 2.05) is 6.07 Å². The molecule has 0 aromatic heterocycles. The lowest BCUT2D eigenvalue weighted by Gasteiger charge is -2.04. The van der Waals surface area contributed by atoms with Crippen LogP contribution >= 0.6 is 11.6 Å². The van der Waals surface area contributed by atoms with Gasteiger partial charge in [0.25, 0.3) is 0 Å². The summed E-state index contributed by atoms with van der Waals surface area (Å²) in [6, 6.07) is 4.89. The maximum atomic E-state index is 13.0. The first-order valence-electron chi connectivity index (χ1n) is 4.87. The molecule has 0 aliphatic heterocycles. The van der Waals surface area contributed by atoms with Crippen molar-refractivity contribution >= 4 is 11.6 Å². The van der Waals surface area contributed by atoms with Gasteiger partial charge in [-0.05, 0) is 30.7 Å². The normalized spacial score (nSPS) is 10.6. The Labute approximate surface area is 94.4 Å². The highest BCUT2D eigenvalue weighted by Crippen LogP contribution is 2.15. The maximum absolute atomic E-state index is 13.0. The van der Waals surface area contributed by atoms with E-state index < -0.39 is 0 Å². The lowest BCUT2D eigenvalue weighted by Crippen LogP contribution is -2.21. The van der Waals surface area contributed by atoms with Crippen LogP contribution in [0.3, 0.4) is 0 Å². The van der Waals surface area contributed by atoms with Gasteiger partial charge < -0.3 is 10.1 Å². The third-order valence-corrected chi connectivity index (χ3v) is 2.36. The Morgan fingerprint density at radius 3 is 2.87 bits per heavy atom. The lowest BCUT2D eigenvalue weighted by atomic mass is 10.1. The minimum absolute atomic E-state index is 0.172. The molecule has 0 amide bonds. The van der Waals surface area contributed by atoms with Gasteiger partial charge in [0.15, 0.2) is 0 Å². The molecule has 0 atom stereocenters. The number of benzene rings is 1. The standard InChI is InChI=1S/C11H15ClFNO/c1-15-7-6-14-5-4-9-2-3-10(12)11(13)8-9/h2-3,8,14H,4-7H2,1H3. The van der Waals surface area contributed by atoms with Gasteiger partial charge in [0.05, 0.1) is 11.6 Å². The third kappa shape index (κ3) is 4.60. The van der Waals surface area contributed by atoms with Crippen molar-refractivity contribution in [3.8, 4) is 0 Å². The first kappa shape index (κ1) is 12.4. The second-order valence-corrected chi connectivity index (χ2v) is 3.65. The fourth-order valence-corrected chi connectivity index (χ4v) is 1.34. The highest BCUT2D eigenvalue weighted by molar-refractivity contribution is 6.30. The number of methoxy groups -OCH3 is 1. The number of nitrogens with one attached hydrogen (secondary N) is 1. The average molecular weight is 232 g/mol. The Morgan fingerprint density at radius 2 is 2.20 bits per heavy atom. The van der Waals surface area contributed by atoms with E-state index >= 15 is 0 Å². The molecule has 0 fully saturated rings. The molecule has 15 heavy (non-hydrogen) atoms. The van der Waals surface area contributed by atoms with Gasteiger partial charge in [-0.2, -0.15) is 0 Å². The molecular weight excluding hydrogens is 217 g/mol. The Balaban J connectivity index is 2.28. The molecule has 0 bridgehead atoms. The second kappa shape index (κ2) is 6.77. The predicted molar refractivity (Wildman–Crippen MR) is 59.9 cm³/mol. The van der Waals surface area contributed by atoms with E-state index in [4.69, 9.17) is 16.3 Å². The number of rotatable bonds is 6. The van der Waals surface area contributed by atoms with Crippen LogP contribution in [0.5, 0.6) is 0 Å². The van der Waals surface area contributed by atoms with E-state index in [9.17, 15) is 4.39 Å². The van der Waals surface area contributed by atoms with Crippen LogP contribution in [0.4, 0.5) is 4.39 Å². The number of hydrogen-bond acceptors (Lipinski definition) is 2. The van der Waals surface area contributed by atoms with Crippen molar-refractivity contribution in [3.63, 3.8) is 0 Å². The van der Waals surface area contributed by atoms with E-state index in [1.54, 1.807) is 13.2 Å². The molecule has 1 aromatic rings. The van der Waals surface area contributed by atoms with Crippen molar-refractivity contribution in [1.82, 2.24) is 5.32 Å². The summed E-state index contributed by atoms with van der Waals surface area (Å²) in [7, 11) is 1.66. The van der Waals surface area contributed by atoms with Crippen molar-refractivity contribution in [1.29, 1.82) is 0 Å². The number of ether oxygens (including phenoxy) is 1. The molecule has 1 rings (SSSR count). The van der Waals surface area contributed by atoms with Gasteiger partial charge >= 0.3 is 0 Å². The summed E-state index contributed by atoms with van der Waals surface area (Å²) >= 11 is 5.58. The van der Waals surface area contributed by atoms with Crippen LogP contribution in [-0.4, -0.2) is 26.8 Å². The lowest BCUT2D eigenvalue weighted by molar-refractivity contribution is 0.199. The fraction of sp³-hybridized carbons (Fsp3) is 0.455. The van der Waals surface area contributed by atoms with Crippen LogP contribution in [0.25, 0.3) is 0 Å². The van der Waals surface area contributed by atoms with Crippen LogP contribution in [0, 0.1) is 5.82 Å². The molecule has 1 N–H and O–H groups in total. The molecule has 0 spiro atoms. The van der Waals surface area contributed by atoms with Crippen molar-refractivity contribution in [2.75, 3.05) is 26.8 Å². The van der Waals surface area contributed by atoms with Crippen LogP contribution < -0.4 is 5.32 Å². The largest absolute Gasteiger partial charge is 0.383 e. The Bertz CT molecular complexity index is 307. The van der Waals surface area contributed by atoms with Crippen LogP contribution in [0.1, 0.15) is 5.56 Å². The smallest absolute Gasteiger partial charge is 0.142 e. The Hall–Kier alpha value is -0.640. The Morgan fingerprint density at radius 1 is 1.40 bits per heavy atom. The minimum atomic E-state index is -0.356. The van der Waals surface area contributed by atoms with Gasteiger partial charge in [-0.15, -0.1) is 0 Å². The SMILES string of the molecule is COCCNCCc1ccc(Cl)c(F)c1. The van der Waals surface area contributed by atoms with Gasteiger partial charge in [0.1, 0.15) is 5.82 Å². The molecule has 2 nitrogen and oxygen atoms in total. The van der Waals surface area contributed by atoms with Crippen molar-refractivity contribution in [2.45, 2.75) is 6.42 Å². The van der Waals surface area contributed by atoms with Gasteiger partial charge in [-0.1, -0.05) is 17.7 Å². The molecule has 0 unspecified atom stereocenters. The van der Waals surface area contributed by atoms with Crippen molar-refractivity contribution < 1.29 is 9.13 Å².